The summed E-state index contributed by atoms with van der Waals surface area (Å²) >= 11 is 0. The quantitative estimate of drug-likeness (QED) is 0.613. The number of aliphatic hydroxyl groups is 1. The van der Waals surface area contributed by atoms with Crippen LogP contribution in [0.25, 0.3) is 0 Å². The standard InChI is InChI=1S/C8H16O4/c1-4-7(11-2)6(9)5-8(10)12-3/h6-7,9H,4-5H2,1-3H3. The van der Waals surface area contributed by atoms with Crippen molar-refractivity contribution < 1.29 is 19.4 Å². The van der Waals surface area contributed by atoms with E-state index in [1.165, 1.54) is 14.2 Å². The van der Waals surface area contributed by atoms with Gasteiger partial charge in [-0.1, -0.05) is 6.92 Å². The van der Waals surface area contributed by atoms with Gasteiger partial charge in [0.15, 0.2) is 0 Å². The molecule has 0 amide bonds. The minimum absolute atomic E-state index is 0.0111. The van der Waals surface area contributed by atoms with Gasteiger partial charge in [-0.3, -0.25) is 4.79 Å². The third kappa shape index (κ3) is 3.69. The van der Waals surface area contributed by atoms with Crippen LogP contribution in [0.1, 0.15) is 19.8 Å². The highest BCUT2D eigenvalue weighted by atomic mass is 16.5. The molecule has 0 saturated carbocycles. The molecule has 2 atom stereocenters. The van der Waals surface area contributed by atoms with Crippen LogP contribution in [-0.2, 0) is 14.3 Å². The zero-order chi connectivity index (χ0) is 9.56. The lowest BCUT2D eigenvalue weighted by Crippen LogP contribution is -2.29. The van der Waals surface area contributed by atoms with Crippen LogP contribution in [0.2, 0.25) is 0 Å². The highest BCUT2D eigenvalue weighted by Gasteiger charge is 2.19. The molecule has 0 aliphatic heterocycles. The normalized spacial score (nSPS) is 15.3. The van der Waals surface area contributed by atoms with E-state index in [0.29, 0.717) is 6.42 Å². The van der Waals surface area contributed by atoms with Crippen LogP contribution in [0.3, 0.4) is 0 Å². The summed E-state index contributed by atoms with van der Waals surface area (Å²) in [4.78, 5) is 10.7. The number of ether oxygens (including phenoxy) is 2. The van der Waals surface area contributed by atoms with Gasteiger partial charge < -0.3 is 14.6 Å². The zero-order valence-corrected chi connectivity index (χ0v) is 7.74. The van der Waals surface area contributed by atoms with Crippen molar-refractivity contribution in [1.82, 2.24) is 0 Å². The summed E-state index contributed by atoms with van der Waals surface area (Å²) in [7, 11) is 2.80. The number of methoxy groups -OCH3 is 2. The van der Waals surface area contributed by atoms with Crippen molar-refractivity contribution in [2.45, 2.75) is 32.0 Å². The molecule has 4 heteroatoms. The van der Waals surface area contributed by atoms with Crippen LogP contribution in [0.15, 0.2) is 0 Å². The van der Waals surface area contributed by atoms with Crippen LogP contribution in [0.5, 0.6) is 0 Å². The highest BCUT2D eigenvalue weighted by molar-refractivity contribution is 5.69. The van der Waals surface area contributed by atoms with Gasteiger partial charge in [-0.15, -0.1) is 0 Å². The fourth-order valence-electron chi connectivity index (χ4n) is 0.981. The molecular formula is C8H16O4. The Labute approximate surface area is 72.5 Å². The second kappa shape index (κ2) is 5.97. The highest BCUT2D eigenvalue weighted by Crippen LogP contribution is 2.07. The fraction of sp³-hybridized carbons (Fsp3) is 0.875. The summed E-state index contributed by atoms with van der Waals surface area (Å²) in [5, 5.41) is 9.38. The summed E-state index contributed by atoms with van der Waals surface area (Å²) in [6.45, 7) is 1.88. The summed E-state index contributed by atoms with van der Waals surface area (Å²) in [6.07, 6.45) is -0.395. The first-order valence-electron chi connectivity index (χ1n) is 3.93. The van der Waals surface area contributed by atoms with Crippen molar-refractivity contribution in [2.75, 3.05) is 14.2 Å². The fourth-order valence-corrected chi connectivity index (χ4v) is 0.981. The van der Waals surface area contributed by atoms with E-state index in [1.807, 2.05) is 6.92 Å². The Hall–Kier alpha value is -0.610. The SMILES string of the molecule is CCC(OC)C(O)CC(=O)OC. The average Bonchev–Trinajstić information content (AvgIpc) is 2.06. The lowest BCUT2D eigenvalue weighted by Gasteiger charge is -2.18. The van der Waals surface area contributed by atoms with Gasteiger partial charge in [-0.2, -0.15) is 0 Å². The van der Waals surface area contributed by atoms with E-state index < -0.39 is 12.1 Å². The van der Waals surface area contributed by atoms with E-state index >= 15 is 0 Å². The molecular weight excluding hydrogens is 160 g/mol. The second-order valence-corrected chi connectivity index (χ2v) is 2.53. The third-order valence-electron chi connectivity index (χ3n) is 1.74. The van der Waals surface area contributed by atoms with E-state index in [9.17, 15) is 9.90 Å². The van der Waals surface area contributed by atoms with Gasteiger partial charge in [0.25, 0.3) is 0 Å². The Kier molecular flexibility index (Phi) is 5.66. The molecule has 0 saturated heterocycles. The number of carbonyl (C=O) groups excluding carboxylic acids is 1. The van der Waals surface area contributed by atoms with E-state index in [0.717, 1.165) is 0 Å². The Bertz CT molecular complexity index is 131. The van der Waals surface area contributed by atoms with Crippen molar-refractivity contribution in [3.63, 3.8) is 0 Å². The number of hydrogen-bond donors (Lipinski definition) is 1. The Balaban J connectivity index is 3.83. The molecule has 0 aromatic heterocycles. The number of hydrogen-bond acceptors (Lipinski definition) is 4. The summed E-state index contributed by atoms with van der Waals surface area (Å²) in [5.74, 6) is -0.419. The van der Waals surface area contributed by atoms with Crippen LogP contribution >= 0.6 is 0 Å². The molecule has 2 unspecified atom stereocenters. The summed E-state index contributed by atoms with van der Waals surface area (Å²) < 4.78 is 9.35. The molecule has 0 aromatic carbocycles. The van der Waals surface area contributed by atoms with Crippen molar-refractivity contribution >= 4 is 5.97 Å². The smallest absolute Gasteiger partial charge is 0.308 e. The molecule has 0 fully saturated rings. The van der Waals surface area contributed by atoms with E-state index in [4.69, 9.17) is 4.74 Å². The van der Waals surface area contributed by atoms with Gasteiger partial charge in [-0.05, 0) is 6.42 Å². The molecule has 0 bridgehead atoms. The van der Waals surface area contributed by atoms with Crippen LogP contribution < -0.4 is 0 Å². The molecule has 0 aliphatic carbocycles. The molecule has 0 rings (SSSR count). The first-order valence-corrected chi connectivity index (χ1v) is 3.93. The second-order valence-electron chi connectivity index (χ2n) is 2.53. The molecule has 12 heavy (non-hydrogen) atoms. The van der Waals surface area contributed by atoms with Gasteiger partial charge in [0.05, 0.1) is 25.7 Å². The average molecular weight is 176 g/mol. The third-order valence-corrected chi connectivity index (χ3v) is 1.74. The zero-order valence-electron chi connectivity index (χ0n) is 7.74. The number of carbonyl (C=O) groups is 1. The molecule has 0 aromatic rings. The number of aliphatic hydroxyl groups excluding tert-OH is 1. The molecule has 0 spiro atoms. The number of esters is 1. The largest absolute Gasteiger partial charge is 0.469 e. The minimum Gasteiger partial charge on any atom is -0.469 e. The first-order chi connectivity index (χ1) is 5.65. The maximum absolute atomic E-state index is 10.7. The van der Waals surface area contributed by atoms with Gasteiger partial charge in [0.1, 0.15) is 0 Å². The van der Waals surface area contributed by atoms with E-state index in [2.05, 4.69) is 4.74 Å². The molecule has 1 N–H and O–H groups in total. The van der Waals surface area contributed by atoms with Crippen LogP contribution in [-0.4, -0.2) is 37.5 Å². The maximum atomic E-state index is 10.7. The lowest BCUT2D eigenvalue weighted by molar-refractivity contribution is -0.145. The first kappa shape index (κ1) is 11.4. The van der Waals surface area contributed by atoms with Crippen molar-refractivity contribution in [2.24, 2.45) is 0 Å². The van der Waals surface area contributed by atoms with Crippen molar-refractivity contribution in [3.05, 3.63) is 0 Å². The molecule has 4 nitrogen and oxygen atoms in total. The molecule has 0 heterocycles. The Morgan fingerprint density at radius 3 is 2.42 bits per heavy atom. The minimum atomic E-state index is -0.771. The van der Waals surface area contributed by atoms with Crippen molar-refractivity contribution in [1.29, 1.82) is 0 Å². The number of rotatable bonds is 5. The van der Waals surface area contributed by atoms with E-state index in [1.54, 1.807) is 0 Å². The summed E-state index contributed by atoms with van der Waals surface area (Å²) in [6, 6.07) is 0. The maximum Gasteiger partial charge on any atom is 0.308 e. The molecule has 72 valence electrons. The van der Waals surface area contributed by atoms with Gasteiger partial charge in [0.2, 0.25) is 0 Å². The lowest BCUT2D eigenvalue weighted by atomic mass is 10.1. The molecule has 0 aliphatic rings. The van der Waals surface area contributed by atoms with Gasteiger partial charge in [0, 0.05) is 7.11 Å². The van der Waals surface area contributed by atoms with E-state index in [-0.39, 0.29) is 12.5 Å². The monoisotopic (exact) mass is 176 g/mol. The van der Waals surface area contributed by atoms with Crippen LogP contribution in [0.4, 0.5) is 0 Å². The van der Waals surface area contributed by atoms with Crippen molar-refractivity contribution in [3.8, 4) is 0 Å². The van der Waals surface area contributed by atoms with Gasteiger partial charge in [-0.25, -0.2) is 0 Å². The van der Waals surface area contributed by atoms with Crippen LogP contribution in [0, 0.1) is 0 Å². The predicted octanol–water partition coefficient (Wildman–Crippen LogP) is 0.335. The topological polar surface area (TPSA) is 55.8 Å². The van der Waals surface area contributed by atoms with Gasteiger partial charge >= 0.3 is 5.97 Å². The molecule has 0 radical (unpaired) electrons. The predicted molar refractivity (Wildman–Crippen MR) is 43.7 cm³/mol. The summed E-state index contributed by atoms with van der Waals surface area (Å²) in [5.41, 5.74) is 0. The Morgan fingerprint density at radius 2 is 2.08 bits per heavy atom. The Morgan fingerprint density at radius 1 is 1.50 bits per heavy atom.